The van der Waals surface area contributed by atoms with Crippen molar-refractivity contribution < 1.29 is 101 Å². The van der Waals surface area contributed by atoms with E-state index in [0.29, 0.717) is 12.0 Å². The zero-order valence-corrected chi connectivity index (χ0v) is 55.5. The molecule has 1 aromatic carbocycles. The van der Waals surface area contributed by atoms with Gasteiger partial charge in [0.25, 0.3) is 0 Å². The first-order valence-corrected chi connectivity index (χ1v) is 31.5. The second kappa shape index (κ2) is 36.9. The second-order valence-corrected chi connectivity index (χ2v) is 24.9. The highest BCUT2D eigenvalue weighted by Crippen LogP contribution is 2.24. The smallest absolute Gasteiger partial charge is 0.408 e. The van der Waals surface area contributed by atoms with Crippen LogP contribution in [-0.2, 0) is 102 Å². The molecule has 0 saturated carbocycles. The van der Waals surface area contributed by atoms with Gasteiger partial charge in [-0.3, -0.25) is 81.5 Å². The van der Waals surface area contributed by atoms with Crippen LogP contribution in [0.1, 0.15) is 124 Å². The van der Waals surface area contributed by atoms with Gasteiger partial charge in [-0.25, -0.2) is 9.59 Å². The van der Waals surface area contributed by atoms with Crippen LogP contribution >= 0.6 is 0 Å². The lowest BCUT2D eigenvalue weighted by molar-refractivity contribution is -0.155. The zero-order chi connectivity index (χ0) is 74.3. The van der Waals surface area contributed by atoms with E-state index in [4.69, 9.17) is 43.9 Å². The number of rotatable bonds is 35. The number of benzene rings is 1. The minimum atomic E-state index is -1.86. The summed E-state index contributed by atoms with van der Waals surface area (Å²) in [7, 11) is 0. The molecule has 12 atom stereocenters. The molecule has 0 aromatic heterocycles. The molecule has 0 aliphatic carbocycles. The molecule has 0 spiro atoms. The quantitative estimate of drug-likeness (QED) is 0.0281. The van der Waals surface area contributed by atoms with Crippen molar-refractivity contribution in [1.82, 2.24) is 62.6 Å². The number of esters is 1. The first kappa shape index (κ1) is 80.4. The summed E-state index contributed by atoms with van der Waals surface area (Å²) in [6.45, 7) is 7.61. The highest BCUT2D eigenvalue weighted by Gasteiger charge is 2.44. The lowest BCUT2D eigenvalue weighted by Crippen LogP contribution is -2.61. The van der Waals surface area contributed by atoms with Crippen LogP contribution in [0.2, 0.25) is 0 Å². The Hall–Kier alpha value is -11.1. The molecule has 0 unspecified atom stereocenters. The molecule has 0 radical (unpaired) electrons. The van der Waals surface area contributed by atoms with Crippen LogP contribution in [0.5, 0.6) is 0 Å². The third kappa shape index (κ3) is 25.5. The van der Waals surface area contributed by atoms with Crippen LogP contribution in [0.15, 0.2) is 30.3 Å². The van der Waals surface area contributed by atoms with Crippen LogP contribution in [0.3, 0.4) is 0 Å². The Morgan fingerprint density at radius 3 is 1.01 bits per heavy atom. The molecule has 4 rings (SSSR count). The molecule has 3 saturated heterocycles. The van der Waals surface area contributed by atoms with Gasteiger partial charge >= 0.3 is 12.1 Å². The first-order valence-electron chi connectivity index (χ1n) is 31.5. The van der Waals surface area contributed by atoms with E-state index in [1.165, 1.54) is 20.8 Å². The summed E-state index contributed by atoms with van der Waals surface area (Å²) in [5.41, 5.74) is 32.1. The van der Waals surface area contributed by atoms with Gasteiger partial charge in [-0.15, -0.1) is 0 Å². The molecule has 21 N–H and O–H groups in total. The summed E-state index contributed by atoms with van der Waals surface area (Å²) in [5.74, 6) is -19.1. The molecule has 0 bridgehead atoms. The van der Waals surface area contributed by atoms with E-state index in [-0.39, 0.29) is 58.3 Å². The van der Waals surface area contributed by atoms with Crippen molar-refractivity contribution in [1.29, 1.82) is 0 Å². The molecule has 3 heterocycles. The van der Waals surface area contributed by atoms with E-state index < -0.39 is 229 Å². The molecule has 3 aliphatic rings. The number of nitrogens with zero attached hydrogens (tertiary/aromatic N) is 3. The number of amides is 18. The van der Waals surface area contributed by atoms with E-state index in [2.05, 4.69) is 47.9 Å². The average Bonchev–Trinajstić information content (AvgIpc) is 1.75. The molecule has 18 amide bonds. The van der Waals surface area contributed by atoms with E-state index >= 15 is 0 Å². The number of ether oxygens (including phenoxy) is 2. The maximum atomic E-state index is 14.2. The Labute approximate surface area is 567 Å². The zero-order valence-electron chi connectivity index (χ0n) is 55.5. The van der Waals surface area contributed by atoms with Gasteiger partial charge in [0, 0.05) is 19.6 Å². The van der Waals surface area contributed by atoms with Gasteiger partial charge < -0.3 is 106 Å². The summed E-state index contributed by atoms with van der Waals surface area (Å²) in [6.07, 6.45) is -5.37. The fourth-order valence-electron chi connectivity index (χ4n) is 10.8. The minimum Gasteiger partial charge on any atom is -0.459 e. The molecule has 3 fully saturated rings. The van der Waals surface area contributed by atoms with Gasteiger partial charge in [0.15, 0.2) is 0 Å². The van der Waals surface area contributed by atoms with Crippen LogP contribution in [-0.4, -0.2) is 225 Å². The molecular formula is C60H88N18O21. The number of hydrogen-bond donors (Lipinski definition) is 15. The van der Waals surface area contributed by atoms with E-state index in [1.807, 2.05) is 0 Å². The van der Waals surface area contributed by atoms with Gasteiger partial charge in [-0.2, -0.15) is 0 Å². The van der Waals surface area contributed by atoms with Gasteiger partial charge in [0.05, 0.1) is 38.5 Å². The van der Waals surface area contributed by atoms with Gasteiger partial charge in [-0.1, -0.05) is 30.3 Å². The first-order chi connectivity index (χ1) is 46.3. The van der Waals surface area contributed by atoms with Crippen molar-refractivity contribution in [3.63, 3.8) is 0 Å². The number of alkyl carbamates (subject to hydrolysis) is 1. The maximum absolute atomic E-state index is 14.2. The largest absolute Gasteiger partial charge is 0.459 e. The Morgan fingerprint density at radius 2 is 0.697 bits per heavy atom. The summed E-state index contributed by atoms with van der Waals surface area (Å²) in [5, 5.41) is 20.5. The second-order valence-electron chi connectivity index (χ2n) is 24.9. The van der Waals surface area contributed by atoms with Crippen LogP contribution < -0.4 is 82.3 Å². The molecule has 99 heavy (non-hydrogen) atoms. The Balaban J connectivity index is 1.41. The highest BCUT2D eigenvalue weighted by molar-refractivity contribution is 6.02. The fourth-order valence-corrected chi connectivity index (χ4v) is 10.8. The lowest BCUT2D eigenvalue weighted by atomic mass is 10.1. The maximum Gasteiger partial charge on any atom is 0.408 e. The molecular weight excluding hydrogens is 1310 g/mol. The average molecular weight is 1400 g/mol. The van der Waals surface area contributed by atoms with E-state index in [9.17, 15) is 91.1 Å². The van der Waals surface area contributed by atoms with Crippen LogP contribution in [0.25, 0.3) is 0 Å². The van der Waals surface area contributed by atoms with Gasteiger partial charge in [-0.05, 0) is 85.6 Å². The van der Waals surface area contributed by atoms with Crippen molar-refractivity contribution in [2.24, 2.45) is 34.4 Å². The standard InChI is InChI=1S/C60H88N18O21/c1-28(67-50(88)32(21-41(61)79)70-54(92)39-16-11-19-77(39)56(94)36(25-45(65)83)73-49(87)30(3)69-52(90)34(23-43(63)81)75-59(97)99-60(4,5)6)47(85)72-35(24-44(64)82)55(93)76-18-10-15-38(76)53(91)71-33(22-42(62)80)51(89)68-29(2)48(86)74-37(26-46(66)84)57(95)78-20-12-17-40(78)58(96)98-27-31-13-8-7-9-14-31/h7-9,13-14,28-30,32-40H,10-12,15-27H2,1-6H3,(H2,61,79)(H2,62,80)(H2,63,81)(H2,64,82)(H2,65,83)(H2,66,84)(H,67,88)(H,68,89)(H,69,90)(H,70,92)(H,71,91)(H,72,85)(H,73,87)(H,74,86)(H,75,97)/t28-,29-,30-,32-,33-,34-,35-,36-,37-,38-,39-,40-/m0/s1. The lowest BCUT2D eigenvalue weighted by Gasteiger charge is -2.31. The van der Waals surface area contributed by atoms with Crippen molar-refractivity contribution >= 4 is 112 Å². The molecule has 1 aromatic rings. The summed E-state index contributed by atoms with van der Waals surface area (Å²) >= 11 is 0. The van der Waals surface area contributed by atoms with E-state index in [1.54, 1.807) is 30.3 Å². The molecule has 544 valence electrons. The van der Waals surface area contributed by atoms with Gasteiger partial charge in [0.2, 0.25) is 100 Å². The SMILES string of the molecule is C[C@H](NC(=O)[C@H](CC(N)=O)NC(=O)OC(C)(C)C)C(=O)N[C@@H](CC(N)=O)C(=O)N1CCC[C@H]1C(=O)N[C@@H](CC(N)=O)C(=O)N[C@@H](C)C(=O)N[C@@H](CC(N)=O)C(=O)N1CCC[C@H]1C(=O)N[C@@H](CC(N)=O)C(=O)N[C@@H](C)C(=O)N[C@@H](CC(N)=O)C(=O)N1CCC[C@H]1C(=O)OCc1ccccc1. The number of carbonyl (C=O) groups is 19. The summed E-state index contributed by atoms with van der Waals surface area (Å²) < 4.78 is 10.6. The van der Waals surface area contributed by atoms with Crippen LogP contribution in [0, 0.1) is 0 Å². The number of carbonyl (C=O) groups excluding carboxylic acids is 19. The molecule has 39 nitrogen and oxygen atoms in total. The third-order valence-electron chi connectivity index (χ3n) is 15.5. The predicted molar refractivity (Wildman–Crippen MR) is 339 cm³/mol. The van der Waals surface area contributed by atoms with Gasteiger partial charge in [0.1, 0.15) is 84.7 Å². The number of likely N-dealkylation sites (tertiary alicyclic amines) is 3. The number of nitrogens with two attached hydrogens (primary N) is 6. The fraction of sp³-hybridized carbons (Fsp3) is 0.583. The number of primary amides is 6. The van der Waals surface area contributed by atoms with Crippen molar-refractivity contribution in [2.75, 3.05) is 19.6 Å². The number of nitrogens with one attached hydrogen (secondary N) is 9. The normalized spacial score (nSPS) is 18.4. The van der Waals surface area contributed by atoms with Crippen molar-refractivity contribution in [3.05, 3.63) is 35.9 Å². The summed E-state index contributed by atoms with van der Waals surface area (Å²) in [6, 6.07) is -10.5. The topological polar surface area (TPSA) is 617 Å². The van der Waals surface area contributed by atoms with Crippen LogP contribution in [0.4, 0.5) is 4.79 Å². The van der Waals surface area contributed by atoms with Crippen molar-refractivity contribution in [3.8, 4) is 0 Å². The minimum absolute atomic E-state index is 0.0581. The third-order valence-corrected chi connectivity index (χ3v) is 15.5. The molecule has 39 heteroatoms. The monoisotopic (exact) mass is 1400 g/mol. The van der Waals surface area contributed by atoms with Crippen molar-refractivity contribution in [2.45, 2.75) is 203 Å². The number of hydrogen-bond acceptors (Lipinski definition) is 21. The van der Waals surface area contributed by atoms with E-state index in [0.717, 1.165) is 35.5 Å². The Morgan fingerprint density at radius 1 is 0.404 bits per heavy atom. The molecule has 3 aliphatic heterocycles. The Bertz CT molecular complexity index is 3270. The highest BCUT2D eigenvalue weighted by atomic mass is 16.6. The summed E-state index contributed by atoms with van der Waals surface area (Å²) in [4.78, 5) is 253. The predicted octanol–water partition coefficient (Wildman–Crippen LogP) is -8.21. The Kier molecular flexibility index (Phi) is 30.0.